The molecule has 0 bridgehead atoms. The molecule has 0 radical (unpaired) electrons. The summed E-state index contributed by atoms with van der Waals surface area (Å²) in [5.41, 5.74) is 22.1. The van der Waals surface area contributed by atoms with Crippen LogP contribution in [-0.4, -0.2) is 59.3 Å². The fraction of sp³-hybridized carbons (Fsp3) is 0.778. The van der Waals surface area contributed by atoms with E-state index in [1.807, 2.05) is 6.92 Å². The van der Waals surface area contributed by atoms with Gasteiger partial charge >= 0.3 is 0 Å². The van der Waals surface area contributed by atoms with E-state index >= 15 is 0 Å². The molecule has 10 heteroatoms. The number of ketones is 2. The third kappa shape index (κ3) is 8.32. The Balaban J connectivity index is 5.08. The van der Waals surface area contributed by atoms with E-state index in [9.17, 15) is 19.5 Å². The van der Waals surface area contributed by atoms with E-state index in [0.717, 1.165) is 0 Å². The van der Waals surface area contributed by atoms with Crippen molar-refractivity contribution in [2.75, 3.05) is 6.54 Å². The fourth-order valence-corrected chi connectivity index (χ4v) is 2.51. The zero-order valence-corrected chi connectivity index (χ0v) is 17.2. The van der Waals surface area contributed by atoms with E-state index in [1.165, 1.54) is 0 Å². The molecule has 0 aliphatic carbocycles. The van der Waals surface area contributed by atoms with Crippen molar-refractivity contribution in [1.82, 2.24) is 5.32 Å². The minimum atomic E-state index is -1.21. The lowest BCUT2D eigenvalue weighted by Crippen LogP contribution is -2.57. The number of guanidine groups is 1. The molecule has 1 amide bonds. The summed E-state index contributed by atoms with van der Waals surface area (Å²) < 4.78 is 0. The highest BCUT2D eigenvalue weighted by atomic mass is 16.3. The monoisotopic (exact) mass is 400 g/mol. The van der Waals surface area contributed by atoms with Crippen molar-refractivity contribution >= 4 is 23.4 Å². The molecule has 0 spiro atoms. The third-order valence-electron chi connectivity index (χ3n) is 4.69. The van der Waals surface area contributed by atoms with E-state index in [2.05, 4.69) is 10.3 Å². The van der Waals surface area contributed by atoms with Gasteiger partial charge < -0.3 is 33.4 Å². The Morgan fingerprint density at radius 2 is 1.64 bits per heavy atom. The molecule has 0 heterocycles. The molecule has 0 aromatic rings. The normalized spacial score (nSPS) is 16.6. The second-order valence-electron chi connectivity index (χ2n) is 7.42. The quantitative estimate of drug-likeness (QED) is 0.0916. The molecular weight excluding hydrogens is 364 g/mol. The summed E-state index contributed by atoms with van der Waals surface area (Å²) in [5.74, 6) is -2.84. The first-order valence-electron chi connectivity index (χ1n) is 9.56. The highest BCUT2D eigenvalue weighted by Crippen LogP contribution is 2.12. The standard InChI is InChI=1S/C18H36N6O4/c1-5-10(4)13(24-17(28)12(20)14(25)9(2)3)16(27)15(26)11(19)7-6-8-23-18(21)22/h9-14,25H,5-8,19-20H2,1-4H3,(H,24,28)(H4,21,22,23)/t10-,11+,12-,13-,14+/m0/s1. The Hall–Kier alpha value is -2.04. The van der Waals surface area contributed by atoms with E-state index in [0.29, 0.717) is 19.4 Å². The number of hydrogen-bond acceptors (Lipinski definition) is 7. The second kappa shape index (κ2) is 12.4. The van der Waals surface area contributed by atoms with Gasteiger partial charge in [-0.2, -0.15) is 0 Å². The van der Waals surface area contributed by atoms with Crippen LogP contribution in [0.3, 0.4) is 0 Å². The first kappa shape index (κ1) is 26.0. The Labute approximate surface area is 166 Å². The maximum absolute atomic E-state index is 12.7. The molecule has 28 heavy (non-hydrogen) atoms. The molecule has 0 fully saturated rings. The lowest BCUT2D eigenvalue weighted by Gasteiger charge is -2.27. The molecule has 0 aromatic heterocycles. The highest BCUT2D eigenvalue weighted by molar-refractivity contribution is 6.41. The van der Waals surface area contributed by atoms with Crippen molar-refractivity contribution in [3.8, 4) is 0 Å². The Bertz CT molecular complexity index is 562. The summed E-state index contributed by atoms with van der Waals surface area (Å²) in [6.45, 7) is 7.31. The number of rotatable bonds is 13. The van der Waals surface area contributed by atoms with Gasteiger partial charge in [-0.05, 0) is 24.7 Å². The minimum Gasteiger partial charge on any atom is -0.391 e. The number of nitrogens with one attached hydrogen (secondary N) is 1. The van der Waals surface area contributed by atoms with Crippen LogP contribution < -0.4 is 28.3 Å². The van der Waals surface area contributed by atoms with Gasteiger partial charge in [-0.15, -0.1) is 0 Å². The zero-order chi connectivity index (χ0) is 22.0. The average molecular weight is 401 g/mol. The lowest BCUT2D eigenvalue weighted by atomic mass is 9.90. The van der Waals surface area contributed by atoms with Crippen molar-refractivity contribution in [2.45, 2.75) is 71.2 Å². The number of aliphatic hydroxyl groups excluding tert-OH is 1. The summed E-state index contributed by atoms with van der Waals surface area (Å²) in [5, 5.41) is 12.5. The number of hydrogen-bond donors (Lipinski definition) is 6. The van der Waals surface area contributed by atoms with Crippen LogP contribution in [0.2, 0.25) is 0 Å². The fourth-order valence-electron chi connectivity index (χ4n) is 2.51. The van der Waals surface area contributed by atoms with Gasteiger partial charge in [0.25, 0.3) is 0 Å². The second-order valence-corrected chi connectivity index (χ2v) is 7.42. The Morgan fingerprint density at radius 3 is 2.11 bits per heavy atom. The molecule has 0 saturated heterocycles. The summed E-state index contributed by atoms with van der Waals surface area (Å²) in [4.78, 5) is 41.3. The molecule has 162 valence electrons. The van der Waals surface area contributed by atoms with E-state index < -0.39 is 41.7 Å². The van der Waals surface area contributed by atoms with Gasteiger partial charge in [0.1, 0.15) is 6.04 Å². The summed E-state index contributed by atoms with van der Waals surface area (Å²) in [6, 6.07) is -3.28. The molecule has 0 aliphatic heterocycles. The first-order chi connectivity index (χ1) is 12.9. The van der Waals surface area contributed by atoms with Gasteiger partial charge in [0.05, 0.1) is 18.2 Å². The SMILES string of the molecule is CC[C@H](C)[C@H](NC(=O)[C@@H](N)[C@H](O)C(C)C)C(=O)C(=O)[C@H](N)CCCN=C(N)N. The van der Waals surface area contributed by atoms with Crippen LogP contribution >= 0.6 is 0 Å². The molecule has 0 saturated carbocycles. The maximum atomic E-state index is 12.7. The van der Waals surface area contributed by atoms with Crippen molar-refractivity contribution in [1.29, 1.82) is 0 Å². The van der Waals surface area contributed by atoms with Gasteiger partial charge in [0.2, 0.25) is 17.5 Å². The summed E-state index contributed by atoms with van der Waals surface area (Å²) >= 11 is 0. The Morgan fingerprint density at radius 1 is 1.07 bits per heavy atom. The van der Waals surface area contributed by atoms with Crippen molar-refractivity contribution in [3.63, 3.8) is 0 Å². The number of carbonyl (C=O) groups excluding carboxylic acids is 3. The van der Waals surface area contributed by atoms with Crippen LogP contribution in [0.1, 0.15) is 47.0 Å². The van der Waals surface area contributed by atoms with Gasteiger partial charge in [-0.25, -0.2) is 0 Å². The molecule has 0 rings (SSSR count). The van der Waals surface area contributed by atoms with E-state index in [-0.39, 0.29) is 24.2 Å². The number of nitrogens with zero attached hydrogens (tertiary/aromatic N) is 1. The molecule has 10 nitrogen and oxygen atoms in total. The molecule has 10 N–H and O–H groups in total. The number of amides is 1. The predicted octanol–water partition coefficient (Wildman–Crippen LogP) is -1.62. The number of Topliss-reactive ketones (excluding diaryl/α,β-unsaturated/α-hetero) is 2. The maximum Gasteiger partial charge on any atom is 0.240 e. The first-order valence-corrected chi connectivity index (χ1v) is 9.56. The van der Waals surface area contributed by atoms with Crippen LogP contribution in [-0.2, 0) is 14.4 Å². The van der Waals surface area contributed by atoms with Gasteiger partial charge in [-0.3, -0.25) is 19.4 Å². The highest BCUT2D eigenvalue weighted by Gasteiger charge is 2.35. The van der Waals surface area contributed by atoms with Gasteiger partial charge in [0, 0.05) is 6.54 Å². The van der Waals surface area contributed by atoms with Crippen LogP contribution in [0.5, 0.6) is 0 Å². The predicted molar refractivity (Wildman–Crippen MR) is 108 cm³/mol. The Kier molecular flexibility index (Phi) is 11.5. The molecule has 0 aromatic carbocycles. The summed E-state index contributed by atoms with van der Waals surface area (Å²) in [7, 11) is 0. The minimum absolute atomic E-state index is 0.0598. The van der Waals surface area contributed by atoms with Gasteiger partial charge in [0.15, 0.2) is 5.96 Å². The third-order valence-corrected chi connectivity index (χ3v) is 4.69. The number of aliphatic hydroxyl groups is 1. The topological polar surface area (TPSA) is 200 Å². The molecule has 0 aliphatic rings. The number of carbonyl (C=O) groups is 3. The van der Waals surface area contributed by atoms with E-state index in [1.54, 1.807) is 20.8 Å². The molecule has 5 atom stereocenters. The average Bonchev–Trinajstić information content (AvgIpc) is 2.65. The van der Waals surface area contributed by atoms with Crippen LogP contribution in [0.25, 0.3) is 0 Å². The van der Waals surface area contributed by atoms with Crippen molar-refractivity contribution < 1.29 is 19.5 Å². The van der Waals surface area contributed by atoms with Crippen LogP contribution in [0.15, 0.2) is 4.99 Å². The zero-order valence-electron chi connectivity index (χ0n) is 17.2. The van der Waals surface area contributed by atoms with Crippen LogP contribution in [0, 0.1) is 11.8 Å². The summed E-state index contributed by atoms with van der Waals surface area (Å²) in [6.07, 6.45) is 0.144. The van der Waals surface area contributed by atoms with Crippen LogP contribution in [0.4, 0.5) is 0 Å². The molecular formula is C18H36N6O4. The molecule has 0 unspecified atom stereocenters. The smallest absolute Gasteiger partial charge is 0.240 e. The lowest BCUT2D eigenvalue weighted by molar-refractivity contribution is -0.141. The van der Waals surface area contributed by atoms with Gasteiger partial charge in [-0.1, -0.05) is 34.1 Å². The van der Waals surface area contributed by atoms with Crippen molar-refractivity contribution in [3.05, 3.63) is 0 Å². The number of aliphatic imine (C=N–C) groups is 1. The van der Waals surface area contributed by atoms with E-state index in [4.69, 9.17) is 22.9 Å². The van der Waals surface area contributed by atoms with Crippen molar-refractivity contribution in [2.24, 2.45) is 39.8 Å². The largest absolute Gasteiger partial charge is 0.391 e. The number of nitrogens with two attached hydrogens (primary N) is 4.